The Morgan fingerprint density at radius 2 is 1.77 bits per heavy atom. The first-order chi connectivity index (χ1) is 12.3. The maximum Gasteiger partial charge on any atom is 0.237 e. The van der Waals surface area contributed by atoms with Crippen molar-refractivity contribution in [1.82, 2.24) is 9.21 Å². The molecule has 0 unspecified atom stereocenters. The molecular formula is C17H23FN2O5S. The summed E-state index contributed by atoms with van der Waals surface area (Å²) in [6.45, 7) is 1.83. The molecule has 9 heteroatoms. The Labute approximate surface area is 152 Å². The fourth-order valence-corrected chi connectivity index (χ4v) is 3.95. The number of carbonyl (C=O) groups excluding carboxylic acids is 1. The van der Waals surface area contributed by atoms with Crippen molar-refractivity contribution in [3.63, 3.8) is 0 Å². The number of halogens is 1. The Morgan fingerprint density at radius 1 is 1.19 bits per heavy atom. The van der Waals surface area contributed by atoms with E-state index in [0.717, 1.165) is 10.6 Å². The van der Waals surface area contributed by atoms with Gasteiger partial charge < -0.3 is 14.4 Å². The van der Waals surface area contributed by atoms with E-state index in [4.69, 9.17) is 9.47 Å². The van der Waals surface area contributed by atoms with Gasteiger partial charge in [-0.3, -0.25) is 4.79 Å². The number of sulfonamides is 1. The smallest absolute Gasteiger partial charge is 0.237 e. The van der Waals surface area contributed by atoms with Gasteiger partial charge in [-0.15, -0.1) is 0 Å². The first-order valence-corrected chi connectivity index (χ1v) is 10.4. The molecular weight excluding hydrogens is 363 g/mol. The largest absolute Gasteiger partial charge is 0.347 e. The van der Waals surface area contributed by atoms with Gasteiger partial charge in [0.2, 0.25) is 15.9 Å². The lowest BCUT2D eigenvalue weighted by atomic mass is 10.0. The molecule has 26 heavy (non-hydrogen) atoms. The summed E-state index contributed by atoms with van der Waals surface area (Å²) < 4.78 is 49.5. The first kappa shape index (κ1) is 19.2. The maximum absolute atomic E-state index is 13.0. The van der Waals surface area contributed by atoms with Crippen molar-refractivity contribution in [1.29, 1.82) is 0 Å². The van der Waals surface area contributed by atoms with Gasteiger partial charge in [0.15, 0.2) is 5.79 Å². The van der Waals surface area contributed by atoms with Crippen molar-refractivity contribution in [2.24, 2.45) is 0 Å². The number of carbonyl (C=O) groups is 1. The van der Waals surface area contributed by atoms with Crippen molar-refractivity contribution >= 4 is 15.9 Å². The monoisotopic (exact) mass is 386 g/mol. The van der Waals surface area contributed by atoms with E-state index in [-0.39, 0.29) is 19.0 Å². The van der Waals surface area contributed by atoms with Crippen molar-refractivity contribution < 1.29 is 27.1 Å². The minimum Gasteiger partial charge on any atom is -0.347 e. The molecule has 144 valence electrons. The van der Waals surface area contributed by atoms with Gasteiger partial charge in [-0.1, -0.05) is 12.1 Å². The topological polar surface area (TPSA) is 76.2 Å². The summed E-state index contributed by atoms with van der Waals surface area (Å²) in [7, 11) is -3.59. The van der Waals surface area contributed by atoms with Crippen LogP contribution in [-0.2, 0) is 30.8 Å². The summed E-state index contributed by atoms with van der Waals surface area (Å²) >= 11 is 0. The molecule has 1 aromatic carbocycles. The lowest BCUT2D eigenvalue weighted by Gasteiger charge is -2.38. The van der Waals surface area contributed by atoms with Gasteiger partial charge in [-0.2, -0.15) is 4.31 Å². The van der Waals surface area contributed by atoms with Crippen LogP contribution in [0.3, 0.4) is 0 Å². The molecule has 3 rings (SSSR count). The molecule has 0 N–H and O–H groups in total. The van der Waals surface area contributed by atoms with Crippen molar-refractivity contribution in [2.45, 2.75) is 25.2 Å². The molecule has 0 aliphatic carbocycles. The molecule has 2 saturated heterocycles. The second kappa shape index (κ2) is 7.59. The SMILES string of the molecule is CS(=O)(=O)N(CC(=O)N1CCC2(CC1)OCCO2)Cc1ccc(F)cc1. The summed E-state index contributed by atoms with van der Waals surface area (Å²) in [5, 5.41) is 0. The van der Waals surface area contributed by atoms with Crippen molar-refractivity contribution in [2.75, 3.05) is 39.1 Å². The van der Waals surface area contributed by atoms with Gasteiger partial charge in [0.1, 0.15) is 5.82 Å². The Hall–Kier alpha value is -1.55. The van der Waals surface area contributed by atoms with Crippen LogP contribution < -0.4 is 0 Å². The van der Waals surface area contributed by atoms with Crippen LogP contribution >= 0.6 is 0 Å². The van der Waals surface area contributed by atoms with Crippen molar-refractivity contribution in [3.05, 3.63) is 35.6 Å². The standard InChI is InChI=1S/C17H23FN2O5S/c1-26(22,23)20(12-14-2-4-15(18)5-3-14)13-16(21)19-8-6-17(7-9-19)24-10-11-25-17/h2-5H,6-13H2,1H3. The van der Waals surface area contributed by atoms with Gasteiger partial charge in [-0.25, -0.2) is 12.8 Å². The van der Waals surface area contributed by atoms with Crippen LogP contribution in [0, 0.1) is 5.82 Å². The summed E-state index contributed by atoms with van der Waals surface area (Å²) in [4.78, 5) is 14.2. The minimum absolute atomic E-state index is 0.0227. The molecule has 0 bridgehead atoms. The zero-order valence-electron chi connectivity index (χ0n) is 14.7. The Bertz CT molecular complexity index is 737. The average molecular weight is 386 g/mol. The Balaban J connectivity index is 1.61. The number of amides is 1. The Kier molecular flexibility index (Phi) is 5.61. The lowest BCUT2D eigenvalue weighted by Crippen LogP contribution is -2.50. The molecule has 2 aliphatic rings. The highest BCUT2D eigenvalue weighted by Crippen LogP contribution is 2.31. The number of rotatable bonds is 5. The molecule has 2 heterocycles. The summed E-state index contributed by atoms with van der Waals surface area (Å²) in [6.07, 6.45) is 2.22. The van der Waals surface area contributed by atoms with E-state index >= 15 is 0 Å². The molecule has 0 atom stereocenters. The van der Waals surface area contributed by atoms with E-state index in [1.807, 2.05) is 0 Å². The quantitative estimate of drug-likeness (QED) is 0.753. The predicted molar refractivity (Wildman–Crippen MR) is 92.1 cm³/mol. The molecule has 2 fully saturated rings. The van der Waals surface area contributed by atoms with Crippen LogP contribution in [0.2, 0.25) is 0 Å². The second-order valence-electron chi connectivity index (χ2n) is 6.65. The van der Waals surface area contributed by atoms with E-state index < -0.39 is 21.6 Å². The van der Waals surface area contributed by atoms with Gasteiger partial charge in [-0.05, 0) is 17.7 Å². The molecule has 0 aromatic heterocycles. The Morgan fingerprint density at radius 3 is 2.31 bits per heavy atom. The second-order valence-corrected chi connectivity index (χ2v) is 8.63. The fraction of sp³-hybridized carbons (Fsp3) is 0.588. The van der Waals surface area contributed by atoms with E-state index in [1.165, 1.54) is 24.3 Å². The van der Waals surface area contributed by atoms with Gasteiger partial charge in [0.25, 0.3) is 0 Å². The molecule has 2 aliphatic heterocycles. The third kappa shape index (κ3) is 4.59. The normalized spacial score (nSPS) is 20.0. The number of hydrogen-bond donors (Lipinski definition) is 0. The van der Waals surface area contributed by atoms with Crippen LogP contribution in [0.25, 0.3) is 0 Å². The number of ether oxygens (including phenoxy) is 2. The highest BCUT2D eigenvalue weighted by Gasteiger charge is 2.41. The van der Waals surface area contributed by atoms with Gasteiger partial charge in [0, 0.05) is 32.5 Å². The number of piperidine rings is 1. The van der Waals surface area contributed by atoms with Crippen LogP contribution in [0.4, 0.5) is 4.39 Å². The molecule has 0 saturated carbocycles. The maximum atomic E-state index is 13.0. The van der Waals surface area contributed by atoms with Crippen LogP contribution in [0.1, 0.15) is 18.4 Å². The van der Waals surface area contributed by atoms with Gasteiger partial charge >= 0.3 is 0 Å². The molecule has 0 radical (unpaired) electrons. The van der Waals surface area contributed by atoms with Crippen LogP contribution in [0.5, 0.6) is 0 Å². The van der Waals surface area contributed by atoms with E-state index in [0.29, 0.717) is 44.7 Å². The number of benzene rings is 1. The number of hydrogen-bond acceptors (Lipinski definition) is 5. The number of nitrogens with zero attached hydrogens (tertiary/aromatic N) is 2. The van der Waals surface area contributed by atoms with Crippen LogP contribution in [-0.4, -0.2) is 68.4 Å². The molecule has 1 amide bonds. The third-order valence-corrected chi connectivity index (χ3v) is 5.94. The summed E-state index contributed by atoms with van der Waals surface area (Å²) in [6, 6.07) is 5.56. The van der Waals surface area contributed by atoms with E-state index in [2.05, 4.69) is 0 Å². The number of likely N-dealkylation sites (tertiary alicyclic amines) is 1. The highest BCUT2D eigenvalue weighted by molar-refractivity contribution is 7.88. The molecule has 7 nitrogen and oxygen atoms in total. The van der Waals surface area contributed by atoms with E-state index in [9.17, 15) is 17.6 Å². The zero-order chi connectivity index (χ0) is 18.8. The molecule has 1 aromatic rings. The average Bonchev–Trinajstić information content (AvgIpc) is 3.04. The summed E-state index contributed by atoms with van der Waals surface area (Å²) in [5.74, 6) is -1.23. The minimum atomic E-state index is -3.59. The summed E-state index contributed by atoms with van der Waals surface area (Å²) in [5.41, 5.74) is 0.620. The third-order valence-electron chi connectivity index (χ3n) is 4.74. The van der Waals surface area contributed by atoms with Crippen LogP contribution in [0.15, 0.2) is 24.3 Å². The zero-order valence-corrected chi connectivity index (χ0v) is 15.5. The van der Waals surface area contributed by atoms with Gasteiger partial charge in [0.05, 0.1) is 26.0 Å². The highest BCUT2D eigenvalue weighted by atomic mass is 32.2. The lowest BCUT2D eigenvalue weighted by molar-refractivity contribution is -0.187. The van der Waals surface area contributed by atoms with E-state index in [1.54, 1.807) is 4.90 Å². The first-order valence-electron chi connectivity index (χ1n) is 8.53. The van der Waals surface area contributed by atoms with Crippen molar-refractivity contribution in [3.8, 4) is 0 Å². The fourth-order valence-electron chi connectivity index (χ4n) is 3.22. The predicted octanol–water partition coefficient (Wildman–Crippen LogP) is 0.953. The molecule has 1 spiro atoms.